The number of hydrogen-bond donors (Lipinski definition) is 0. The molecular weight excluding hydrogens is 291 g/mol. The number of ether oxygens (including phenoxy) is 1. The molecule has 1 aromatic heterocycles. The van der Waals surface area contributed by atoms with Crippen LogP contribution in [-0.4, -0.2) is 24.4 Å². The lowest BCUT2D eigenvalue weighted by molar-refractivity contribution is -0.696. The third-order valence-corrected chi connectivity index (χ3v) is 2.28. The third kappa shape index (κ3) is 13.0. The van der Waals surface area contributed by atoms with Crippen molar-refractivity contribution in [2.75, 3.05) is 6.61 Å². The maximum absolute atomic E-state index is 10.8. The Morgan fingerprint density at radius 2 is 2.05 bits per heavy atom. The van der Waals surface area contributed by atoms with Gasteiger partial charge in [-0.2, -0.15) is 0 Å². The average molecular weight is 310 g/mol. The summed E-state index contributed by atoms with van der Waals surface area (Å²) in [4.78, 5) is 10.8. The lowest BCUT2D eigenvalue weighted by atomic mass is 10.3. The van der Waals surface area contributed by atoms with E-state index in [4.69, 9.17) is 4.74 Å². The van der Waals surface area contributed by atoms with Crippen LogP contribution in [0.1, 0.15) is 19.8 Å². The molecule has 0 saturated carbocycles. The molecule has 0 aliphatic heterocycles. The second kappa shape index (κ2) is 10.0. The minimum atomic E-state index is -6.00. The number of nitrogens with zero attached hydrogens (tertiary/aromatic N) is 2. The van der Waals surface area contributed by atoms with E-state index in [1.165, 1.54) is 18.9 Å². The minimum absolute atomic E-state index is 0.369. The summed E-state index contributed by atoms with van der Waals surface area (Å²) in [5.41, 5.74) is 0. The van der Waals surface area contributed by atoms with Crippen molar-refractivity contribution in [1.82, 2.24) is 4.57 Å². The minimum Gasteiger partial charge on any atom is -0.458 e. The van der Waals surface area contributed by atoms with Crippen LogP contribution in [0.15, 0.2) is 31.4 Å². The summed E-state index contributed by atoms with van der Waals surface area (Å²) in [6, 6.07) is 0. The Bertz CT molecular complexity index is 429. The summed E-state index contributed by atoms with van der Waals surface area (Å²) in [5, 5.41) is 0. The van der Waals surface area contributed by atoms with E-state index in [0.717, 1.165) is 6.54 Å². The number of carbonyl (C=O) groups excluding carboxylic acids is 1. The van der Waals surface area contributed by atoms with Crippen molar-refractivity contribution in [3.63, 3.8) is 0 Å². The lowest BCUT2D eigenvalue weighted by Gasteiger charge is -1.98. The van der Waals surface area contributed by atoms with Crippen molar-refractivity contribution in [2.45, 2.75) is 32.9 Å². The molecule has 0 aliphatic carbocycles. The second-order valence-corrected chi connectivity index (χ2v) is 4.11. The molecule has 0 aromatic carbocycles. The summed E-state index contributed by atoms with van der Waals surface area (Å²) < 4.78 is 48.0. The molecule has 1 heterocycles. The van der Waals surface area contributed by atoms with Crippen LogP contribution < -0.4 is 4.57 Å². The highest BCUT2D eigenvalue weighted by Crippen LogP contribution is 2.06. The second-order valence-electron chi connectivity index (χ2n) is 4.11. The molecule has 1 rings (SSSR count). The van der Waals surface area contributed by atoms with E-state index in [2.05, 4.69) is 18.1 Å². The van der Waals surface area contributed by atoms with E-state index in [1.807, 2.05) is 23.3 Å². The lowest BCUT2D eigenvalue weighted by Crippen LogP contribution is -2.30. The molecule has 0 bridgehead atoms. The zero-order chi connectivity index (χ0) is 16.3. The molecule has 0 radical (unpaired) electrons. The van der Waals surface area contributed by atoms with Crippen LogP contribution in [0.2, 0.25) is 0 Å². The average Bonchev–Trinajstić information content (AvgIpc) is 2.82. The zero-order valence-electron chi connectivity index (χ0n) is 11.9. The van der Waals surface area contributed by atoms with Gasteiger partial charge < -0.3 is 22.0 Å². The Labute approximate surface area is 121 Å². The van der Waals surface area contributed by atoms with Gasteiger partial charge >= 0.3 is 13.2 Å². The molecule has 0 amide bonds. The van der Waals surface area contributed by atoms with Gasteiger partial charge in [0.25, 0.3) is 0 Å². The number of imidazole rings is 1. The molecule has 0 unspecified atom stereocenters. The maximum atomic E-state index is 10.8. The van der Waals surface area contributed by atoms with Crippen LogP contribution >= 0.6 is 0 Å². The Balaban J connectivity index is 0.000000690. The Morgan fingerprint density at radius 1 is 1.43 bits per heavy atom. The van der Waals surface area contributed by atoms with Gasteiger partial charge in [0.1, 0.15) is 25.5 Å². The van der Waals surface area contributed by atoms with E-state index in [-0.39, 0.29) is 5.97 Å². The zero-order valence-corrected chi connectivity index (χ0v) is 11.9. The summed E-state index contributed by atoms with van der Waals surface area (Å²) in [6.45, 7) is 7.61. The first kappa shape index (κ1) is 19.2. The van der Waals surface area contributed by atoms with Gasteiger partial charge in [-0.3, -0.25) is 0 Å². The first-order chi connectivity index (χ1) is 9.76. The normalized spacial score (nSPS) is 10.5. The summed E-state index contributed by atoms with van der Waals surface area (Å²) in [7, 11) is -6.00. The van der Waals surface area contributed by atoms with Crippen LogP contribution in [0.5, 0.6) is 0 Å². The molecule has 0 N–H and O–H groups in total. The number of aryl methyl sites for hydroxylation is 1. The molecule has 0 aliphatic rings. The topological polar surface area (TPSA) is 35.1 Å². The van der Waals surface area contributed by atoms with Crippen molar-refractivity contribution >= 4 is 13.2 Å². The number of aromatic nitrogens is 2. The standard InChI is InChI=1S/C12H19N2O2.BF4/c1-3-5-6-13-7-8-14(11-13)9-10-16-12(15)4-2;2-1(3,4)5/h4,7-8,11H,2-3,5-6,9-10H2,1H3;/q+1;-1. The summed E-state index contributed by atoms with van der Waals surface area (Å²) in [5.74, 6) is -0.369. The highest BCUT2D eigenvalue weighted by Gasteiger charge is 2.20. The van der Waals surface area contributed by atoms with Crippen LogP contribution in [-0.2, 0) is 22.6 Å². The fraction of sp³-hybridized carbons (Fsp3) is 0.500. The fourth-order valence-electron chi connectivity index (χ4n) is 1.35. The van der Waals surface area contributed by atoms with Gasteiger partial charge in [-0.05, 0) is 6.42 Å². The molecule has 0 atom stereocenters. The molecule has 9 heteroatoms. The Kier molecular flexibility index (Phi) is 9.15. The molecule has 120 valence electrons. The molecule has 4 nitrogen and oxygen atoms in total. The molecule has 1 aromatic rings. The van der Waals surface area contributed by atoms with E-state index in [1.54, 1.807) is 0 Å². The first-order valence-corrected chi connectivity index (χ1v) is 6.47. The van der Waals surface area contributed by atoms with Gasteiger partial charge in [0.2, 0.25) is 6.33 Å². The number of unbranched alkanes of at least 4 members (excludes halogenated alkanes) is 1. The van der Waals surface area contributed by atoms with E-state index in [9.17, 15) is 22.1 Å². The Morgan fingerprint density at radius 3 is 2.57 bits per heavy atom. The molecule has 0 saturated heterocycles. The van der Waals surface area contributed by atoms with Gasteiger partial charge in [0, 0.05) is 6.08 Å². The summed E-state index contributed by atoms with van der Waals surface area (Å²) in [6.07, 6.45) is 9.59. The van der Waals surface area contributed by atoms with Gasteiger partial charge in [-0.15, -0.1) is 0 Å². The summed E-state index contributed by atoms with van der Waals surface area (Å²) >= 11 is 0. The molecule has 21 heavy (non-hydrogen) atoms. The van der Waals surface area contributed by atoms with E-state index in [0.29, 0.717) is 13.2 Å². The SMILES string of the molecule is C=CC(=O)OCCn1cc[n+](CCCC)c1.F[B-](F)(F)F. The van der Waals surface area contributed by atoms with Crippen molar-refractivity contribution in [3.8, 4) is 0 Å². The monoisotopic (exact) mass is 310 g/mol. The van der Waals surface area contributed by atoms with Gasteiger partial charge in [-0.1, -0.05) is 19.9 Å². The van der Waals surface area contributed by atoms with E-state index >= 15 is 0 Å². The van der Waals surface area contributed by atoms with Gasteiger partial charge in [0.05, 0.1) is 6.54 Å². The van der Waals surface area contributed by atoms with Crippen LogP contribution in [0.4, 0.5) is 17.3 Å². The number of esters is 1. The van der Waals surface area contributed by atoms with E-state index < -0.39 is 7.25 Å². The Hall–Kier alpha value is -1.80. The molecule has 0 fully saturated rings. The van der Waals surface area contributed by atoms with Crippen molar-refractivity contribution in [3.05, 3.63) is 31.4 Å². The number of hydrogen-bond acceptors (Lipinski definition) is 2. The number of rotatable bonds is 7. The number of halogens is 4. The van der Waals surface area contributed by atoms with Crippen LogP contribution in [0.3, 0.4) is 0 Å². The molecular formula is C12H19BF4N2O2. The van der Waals surface area contributed by atoms with Gasteiger partial charge in [0.15, 0.2) is 0 Å². The highest BCUT2D eigenvalue weighted by atomic mass is 19.5. The molecule has 0 spiro atoms. The van der Waals surface area contributed by atoms with Gasteiger partial charge in [-0.25, -0.2) is 13.9 Å². The fourth-order valence-corrected chi connectivity index (χ4v) is 1.35. The van der Waals surface area contributed by atoms with Crippen molar-refractivity contribution in [2.24, 2.45) is 0 Å². The quantitative estimate of drug-likeness (QED) is 0.255. The predicted molar refractivity (Wildman–Crippen MR) is 70.9 cm³/mol. The predicted octanol–water partition coefficient (Wildman–Crippen LogP) is 2.60. The first-order valence-electron chi connectivity index (χ1n) is 6.47. The van der Waals surface area contributed by atoms with Crippen molar-refractivity contribution < 1.29 is 31.4 Å². The maximum Gasteiger partial charge on any atom is 0.673 e. The number of carbonyl (C=O) groups is 1. The largest absolute Gasteiger partial charge is 0.673 e. The van der Waals surface area contributed by atoms with Crippen LogP contribution in [0.25, 0.3) is 0 Å². The smallest absolute Gasteiger partial charge is 0.458 e. The van der Waals surface area contributed by atoms with Crippen molar-refractivity contribution in [1.29, 1.82) is 0 Å². The highest BCUT2D eigenvalue weighted by molar-refractivity contribution is 6.50. The third-order valence-electron chi connectivity index (χ3n) is 2.28. The van der Waals surface area contributed by atoms with Crippen LogP contribution in [0, 0.1) is 0 Å².